The Morgan fingerprint density at radius 1 is 0.984 bits per heavy atom. The average molecular weight is 871 g/mol. The number of nitrogens with zero attached hydrogens (tertiary/aromatic N) is 9. The van der Waals surface area contributed by atoms with Gasteiger partial charge in [-0.05, 0) is 119 Å². The third-order valence-electron chi connectivity index (χ3n) is 14.0. The lowest BCUT2D eigenvalue weighted by atomic mass is 9.84. The molecular formula is C47H48F2N10O5. The third kappa shape index (κ3) is 6.11. The van der Waals surface area contributed by atoms with E-state index in [9.17, 15) is 14.7 Å². The Bertz CT molecular complexity index is 3280. The fourth-order valence-corrected chi connectivity index (χ4v) is 10.6. The van der Waals surface area contributed by atoms with Crippen LogP contribution in [0.2, 0.25) is 0 Å². The standard InChI is InChI=1S/C47H48F2N10O5/c1-25-19-30(20-26(2)39(25)48)59-41(58-17-16-57(45(58)62)36-10-9-34-31(40(36)49)22-50-54(34)6)37-27(3)56(15-11-33(37)52-59)42(60)32-24-55-23-29(28-12-18-63-46(4,5)21-28)7-8-35(55)38(32)47(13-14-47)43-51-44(61)64-53-43/h7-10,16-17,19-20,22-24,27-28,42,60H,11-15,18,21H2,1-6H3,(H,51,53,61)/t27-,28-,42?/m0/s1. The molecule has 2 fully saturated rings. The Kier molecular flexibility index (Phi) is 9.01. The molecule has 2 aliphatic heterocycles. The Balaban J connectivity index is 1.05. The minimum Gasteiger partial charge on any atom is -0.376 e. The second-order valence-corrected chi connectivity index (χ2v) is 18.5. The predicted octanol–water partition coefficient (Wildman–Crippen LogP) is 6.89. The molecule has 6 aromatic heterocycles. The van der Waals surface area contributed by atoms with Crippen molar-refractivity contribution < 1.29 is 23.1 Å². The number of fused-ring (bicyclic) bond motifs is 3. The van der Waals surface area contributed by atoms with Gasteiger partial charge in [-0.1, -0.05) is 11.2 Å². The van der Waals surface area contributed by atoms with Crippen LogP contribution in [0.4, 0.5) is 8.78 Å². The van der Waals surface area contributed by atoms with Crippen LogP contribution in [-0.4, -0.2) is 72.0 Å². The highest BCUT2D eigenvalue weighted by atomic mass is 19.1. The molecule has 8 heterocycles. The molecule has 0 spiro atoms. The molecule has 17 heteroatoms. The number of nitrogens with one attached hydrogen (secondary N) is 1. The van der Waals surface area contributed by atoms with E-state index in [0.29, 0.717) is 83.2 Å². The number of aryl methyl sites for hydroxylation is 3. The summed E-state index contributed by atoms with van der Waals surface area (Å²) in [6.45, 7) is 10.6. The fraction of sp³-hybridized carbons (Fsp3) is 0.383. The highest BCUT2D eigenvalue weighted by Gasteiger charge is 2.53. The molecular weight excluding hydrogens is 823 g/mol. The zero-order chi connectivity index (χ0) is 44.6. The van der Waals surface area contributed by atoms with E-state index in [-0.39, 0.29) is 28.4 Å². The van der Waals surface area contributed by atoms with Crippen molar-refractivity contribution in [3.05, 3.63) is 145 Å². The van der Waals surface area contributed by atoms with Crippen molar-refractivity contribution in [1.82, 2.24) is 48.1 Å². The molecule has 11 rings (SSSR count). The van der Waals surface area contributed by atoms with E-state index < -0.39 is 34.9 Å². The molecule has 1 saturated carbocycles. The van der Waals surface area contributed by atoms with Crippen LogP contribution in [0.25, 0.3) is 33.6 Å². The monoisotopic (exact) mass is 870 g/mol. The molecule has 2 N–H and O–H groups in total. The van der Waals surface area contributed by atoms with Crippen LogP contribution < -0.4 is 11.4 Å². The summed E-state index contributed by atoms with van der Waals surface area (Å²) in [5, 5.41) is 26.6. The number of aliphatic hydroxyl groups is 1. The first kappa shape index (κ1) is 40.4. The molecule has 1 saturated heterocycles. The highest BCUT2D eigenvalue weighted by Crippen LogP contribution is 2.56. The number of hydrogen-bond acceptors (Lipinski definition) is 9. The number of aromatic nitrogens is 9. The van der Waals surface area contributed by atoms with E-state index in [4.69, 9.17) is 14.4 Å². The van der Waals surface area contributed by atoms with Gasteiger partial charge in [0.15, 0.2) is 11.6 Å². The van der Waals surface area contributed by atoms with E-state index in [1.807, 2.05) is 18.0 Å². The second-order valence-electron chi connectivity index (χ2n) is 18.5. The zero-order valence-electron chi connectivity index (χ0n) is 36.4. The van der Waals surface area contributed by atoms with Crippen molar-refractivity contribution in [3.8, 4) is 17.2 Å². The normalized spacial score (nSPS) is 20.0. The average Bonchev–Trinajstić information content (AvgIpc) is 3.72. The number of pyridine rings is 1. The van der Waals surface area contributed by atoms with E-state index in [0.717, 1.165) is 23.9 Å². The summed E-state index contributed by atoms with van der Waals surface area (Å²) >= 11 is 0. The SMILES string of the molecule is Cc1cc(-n2nc3c(c2-n2ccn(-c4ccc5c(cnn5C)c4F)c2=O)[C@H](C)N(C(O)c2cn4cc([C@H]5CCOC(C)(C)C5)ccc4c2C2(c4noc(=O)[nH]4)CC2)CC3)cc(C)c1F. The van der Waals surface area contributed by atoms with E-state index in [1.165, 1.54) is 27.1 Å². The minimum atomic E-state index is -1.16. The number of aliphatic hydroxyl groups excluding tert-OH is 1. The molecule has 3 aliphatic rings. The molecule has 64 heavy (non-hydrogen) atoms. The lowest BCUT2D eigenvalue weighted by molar-refractivity contribution is -0.0593. The molecule has 0 bridgehead atoms. The van der Waals surface area contributed by atoms with Gasteiger partial charge in [-0.3, -0.25) is 28.2 Å². The highest BCUT2D eigenvalue weighted by molar-refractivity contribution is 5.81. The molecule has 15 nitrogen and oxygen atoms in total. The second kappa shape index (κ2) is 14.3. The number of imidazole rings is 1. The van der Waals surface area contributed by atoms with Crippen molar-refractivity contribution in [3.63, 3.8) is 0 Å². The Labute approximate surface area is 365 Å². The lowest BCUT2D eigenvalue weighted by Gasteiger charge is -2.37. The topological polar surface area (TPSA) is 159 Å². The molecule has 0 radical (unpaired) electrons. The number of rotatable bonds is 8. The van der Waals surface area contributed by atoms with E-state index >= 15 is 8.78 Å². The van der Waals surface area contributed by atoms with Gasteiger partial charge in [0.2, 0.25) is 0 Å². The number of halogens is 2. The van der Waals surface area contributed by atoms with Crippen LogP contribution in [0, 0.1) is 25.5 Å². The smallest absolute Gasteiger partial charge is 0.376 e. The van der Waals surface area contributed by atoms with Gasteiger partial charge in [0.1, 0.15) is 17.9 Å². The van der Waals surface area contributed by atoms with E-state index in [1.54, 1.807) is 60.7 Å². The van der Waals surface area contributed by atoms with Gasteiger partial charge in [-0.15, -0.1) is 0 Å². The number of ether oxygens (including phenoxy) is 1. The van der Waals surface area contributed by atoms with Crippen LogP contribution in [0.15, 0.2) is 81.5 Å². The first-order chi connectivity index (χ1) is 30.6. The van der Waals surface area contributed by atoms with Crippen molar-refractivity contribution in [2.24, 2.45) is 7.05 Å². The number of aromatic amines is 1. The van der Waals surface area contributed by atoms with Gasteiger partial charge < -0.3 is 14.2 Å². The summed E-state index contributed by atoms with van der Waals surface area (Å²) in [5.41, 5.74) is 5.48. The van der Waals surface area contributed by atoms with Crippen LogP contribution in [-0.2, 0) is 23.6 Å². The van der Waals surface area contributed by atoms with Gasteiger partial charge in [-0.25, -0.2) is 23.1 Å². The maximum absolute atomic E-state index is 16.1. The number of benzene rings is 2. The van der Waals surface area contributed by atoms with Gasteiger partial charge in [0.25, 0.3) is 0 Å². The summed E-state index contributed by atoms with van der Waals surface area (Å²) < 4.78 is 50.3. The molecule has 1 aliphatic carbocycles. The van der Waals surface area contributed by atoms with Crippen molar-refractivity contribution in [1.29, 1.82) is 0 Å². The Morgan fingerprint density at radius 2 is 1.73 bits per heavy atom. The summed E-state index contributed by atoms with van der Waals surface area (Å²) in [6.07, 6.45) is 11.0. The number of H-pyrrole nitrogens is 1. The molecule has 2 aromatic carbocycles. The van der Waals surface area contributed by atoms with Gasteiger partial charge in [0, 0.05) is 74.1 Å². The Morgan fingerprint density at radius 3 is 2.45 bits per heavy atom. The molecule has 1 unspecified atom stereocenters. The summed E-state index contributed by atoms with van der Waals surface area (Å²) in [4.78, 5) is 31.8. The summed E-state index contributed by atoms with van der Waals surface area (Å²) in [6, 6.07) is 10.4. The zero-order valence-corrected chi connectivity index (χ0v) is 36.4. The van der Waals surface area contributed by atoms with Crippen LogP contribution in [0.3, 0.4) is 0 Å². The van der Waals surface area contributed by atoms with Crippen molar-refractivity contribution in [2.45, 2.75) is 95.9 Å². The van der Waals surface area contributed by atoms with Crippen molar-refractivity contribution >= 4 is 16.4 Å². The van der Waals surface area contributed by atoms with Crippen molar-refractivity contribution in [2.75, 3.05) is 13.2 Å². The first-order valence-electron chi connectivity index (χ1n) is 21.7. The van der Waals surface area contributed by atoms with Gasteiger partial charge >= 0.3 is 11.4 Å². The summed E-state index contributed by atoms with van der Waals surface area (Å²) in [7, 11) is 1.72. The fourth-order valence-electron chi connectivity index (χ4n) is 10.6. The molecule has 330 valence electrons. The first-order valence-corrected chi connectivity index (χ1v) is 21.7. The quantitative estimate of drug-likeness (QED) is 0.166. The van der Waals surface area contributed by atoms with Gasteiger partial charge in [-0.2, -0.15) is 10.2 Å². The molecule has 8 aromatic rings. The van der Waals surface area contributed by atoms with Gasteiger partial charge in [0.05, 0.1) is 45.2 Å². The van der Waals surface area contributed by atoms with Crippen LogP contribution in [0.5, 0.6) is 0 Å². The third-order valence-corrected chi connectivity index (χ3v) is 14.0. The Hall–Kier alpha value is -6.43. The predicted molar refractivity (Wildman–Crippen MR) is 232 cm³/mol. The number of hydrogen-bond donors (Lipinski definition) is 2. The minimum absolute atomic E-state index is 0.0576. The van der Waals surface area contributed by atoms with Crippen LogP contribution in [0.1, 0.15) is 110 Å². The van der Waals surface area contributed by atoms with E-state index in [2.05, 4.69) is 51.8 Å². The summed E-state index contributed by atoms with van der Waals surface area (Å²) in [5.74, 6) is -0.477. The lowest BCUT2D eigenvalue weighted by Crippen LogP contribution is -2.38. The molecule has 3 atom stereocenters. The maximum atomic E-state index is 16.1. The largest absolute Gasteiger partial charge is 0.438 e. The molecule has 0 amide bonds. The maximum Gasteiger partial charge on any atom is 0.438 e. The van der Waals surface area contributed by atoms with Crippen LogP contribution >= 0.6 is 0 Å².